The Morgan fingerprint density at radius 3 is 2.33 bits per heavy atom. The lowest BCUT2D eigenvalue weighted by Gasteiger charge is -2.42. The van der Waals surface area contributed by atoms with E-state index in [0.29, 0.717) is 25.0 Å². The molecule has 0 unspecified atom stereocenters. The van der Waals surface area contributed by atoms with Gasteiger partial charge in [0.1, 0.15) is 0 Å². The van der Waals surface area contributed by atoms with Gasteiger partial charge in [0.05, 0.1) is 13.2 Å². The first-order valence-electron chi connectivity index (χ1n) is 9.21. The van der Waals surface area contributed by atoms with E-state index in [1.165, 1.54) is 5.56 Å². The quantitative estimate of drug-likeness (QED) is 0.851. The number of piperidine rings is 1. The lowest BCUT2D eigenvalue weighted by atomic mass is 9.72. The SMILES string of the molecule is CC(C)(C(=O)N1CCOCC1)C1CCN(Cc2ccccc2)CC1. The van der Waals surface area contributed by atoms with Crippen molar-refractivity contribution in [2.24, 2.45) is 11.3 Å². The second-order valence-corrected chi connectivity index (χ2v) is 7.66. The van der Waals surface area contributed by atoms with E-state index in [4.69, 9.17) is 4.74 Å². The zero-order chi connectivity index (χ0) is 17.0. The topological polar surface area (TPSA) is 32.8 Å². The fourth-order valence-corrected chi connectivity index (χ4v) is 4.00. The Morgan fingerprint density at radius 1 is 1.08 bits per heavy atom. The minimum absolute atomic E-state index is 0.268. The number of ether oxygens (including phenoxy) is 1. The van der Waals surface area contributed by atoms with Crippen LogP contribution in [0.25, 0.3) is 0 Å². The number of carbonyl (C=O) groups excluding carboxylic acids is 1. The van der Waals surface area contributed by atoms with Gasteiger partial charge in [0.25, 0.3) is 0 Å². The molecule has 2 fully saturated rings. The molecular weight excluding hydrogens is 300 g/mol. The normalized spacial score (nSPS) is 21.0. The number of carbonyl (C=O) groups is 1. The van der Waals surface area contributed by atoms with Gasteiger partial charge in [-0.15, -0.1) is 0 Å². The van der Waals surface area contributed by atoms with Crippen LogP contribution in [0.2, 0.25) is 0 Å². The van der Waals surface area contributed by atoms with Crippen molar-refractivity contribution >= 4 is 5.91 Å². The Kier molecular flexibility index (Phi) is 5.57. The van der Waals surface area contributed by atoms with Crippen LogP contribution in [0, 0.1) is 11.3 Å². The molecule has 0 N–H and O–H groups in total. The van der Waals surface area contributed by atoms with Crippen LogP contribution in [0.15, 0.2) is 30.3 Å². The summed E-state index contributed by atoms with van der Waals surface area (Å²) in [4.78, 5) is 17.5. The highest BCUT2D eigenvalue weighted by molar-refractivity contribution is 5.82. The van der Waals surface area contributed by atoms with Crippen LogP contribution in [-0.2, 0) is 16.1 Å². The fourth-order valence-electron chi connectivity index (χ4n) is 4.00. The third-order valence-electron chi connectivity index (χ3n) is 5.71. The van der Waals surface area contributed by atoms with Gasteiger partial charge < -0.3 is 9.64 Å². The summed E-state index contributed by atoms with van der Waals surface area (Å²) in [6, 6.07) is 10.7. The predicted molar refractivity (Wildman–Crippen MR) is 95.6 cm³/mol. The Labute approximate surface area is 145 Å². The van der Waals surface area contributed by atoms with Gasteiger partial charge >= 0.3 is 0 Å². The van der Waals surface area contributed by atoms with Crippen LogP contribution < -0.4 is 0 Å². The Balaban J connectivity index is 1.53. The van der Waals surface area contributed by atoms with Crippen LogP contribution in [0.5, 0.6) is 0 Å². The molecule has 4 nitrogen and oxygen atoms in total. The summed E-state index contributed by atoms with van der Waals surface area (Å²) in [7, 11) is 0. The van der Waals surface area contributed by atoms with E-state index in [1.54, 1.807) is 0 Å². The lowest BCUT2D eigenvalue weighted by Crippen LogP contribution is -2.51. The van der Waals surface area contributed by atoms with Gasteiger partial charge in [-0.05, 0) is 37.4 Å². The summed E-state index contributed by atoms with van der Waals surface area (Å²) in [5.74, 6) is 0.784. The molecule has 0 aliphatic carbocycles. The average Bonchev–Trinajstić information content (AvgIpc) is 2.63. The highest BCUT2D eigenvalue weighted by Crippen LogP contribution is 2.37. The molecule has 1 aromatic carbocycles. The van der Waals surface area contributed by atoms with Gasteiger partial charge in [-0.3, -0.25) is 9.69 Å². The van der Waals surface area contributed by atoms with Crippen LogP contribution in [0.4, 0.5) is 0 Å². The maximum Gasteiger partial charge on any atom is 0.228 e. The van der Waals surface area contributed by atoms with Crippen LogP contribution in [-0.4, -0.2) is 55.1 Å². The highest BCUT2D eigenvalue weighted by atomic mass is 16.5. The first kappa shape index (κ1) is 17.4. The number of morpholine rings is 1. The number of benzene rings is 1. The molecule has 2 saturated heterocycles. The largest absolute Gasteiger partial charge is 0.378 e. The molecule has 1 amide bonds. The van der Waals surface area contributed by atoms with Crippen LogP contribution >= 0.6 is 0 Å². The van der Waals surface area contributed by atoms with Crippen molar-refractivity contribution in [2.75, 3.05) is 39.4 Å². The van der Waals surface area contributed by atoms with E-state index in [0.717, 1.165) is 45.6 Å². The van der Waals surface area contributed by atoms with E-state index in [1.807, 2.05) is 4.90 Å². The van der Waals surface area contributed by atoms with Gasteiger partial charge in [-0.2, -0.15) is 0 Å². The fraction of sp³-hybridized carbons (Fsp3) is 0.650. The van der Waals surface area contributed by atoms with Crippen molar-refractivity contribution in [2.45, 2.75) is 33.2 Å². The Morgan fingerprint density at radius 2 is 1.71 bits per heavy atom. The molecule has 24 heavy (non-hydrogen) atoms. The minimum Gasteiger partial charge on any atom is -0.378 e. The zero-order valence-electron chi connectivity index (χ0n) is 15.0. The number of amides is 1. The van der Waals surface area contributed by atoms with Gasteiger partial charge in [0, 0.05) is 25.0 Å². The Bertz CT molecular complexity index is 530. The van der Waals surface area contributed by atoms with E-state index in [-0.39, 0.29) is 5.41 Å². The number of hydrogen-bond acceptors (Lipinski definition) is 3. The molecular formula is C20H30N2O2. The molecule has 0 atom stereocenters. The number of hydrogen-bond donors (Lipinski definition) is 0. The molecule has 2 heterocycles. The Hall–Kier alpha value is -1.39. The number of rotatable bonds is 4. The van der Waals surface area contributed by atoms with Crippen molar-refractivity contribution in [3.05, 3.63) is 35.9 Å². The molecule has 3 rings (SSSR count). The first-order chi connectivity index (χ1) is 11.6. The van der Waals surface area contributed by atoms with Crippen molar-refractivity contribution < 1.29 is 9.53 Å². The van der Waals surface area contributed by atoms with Gasteiger partial charge in [0.2, 0.25) is 5.91 Å². The third-order valence-corrected chi connectivity index (χ3v) is 5.71. The van der Waals surface area contributed by atoms with Crippen molar-refractivity contribution in [3.8, 4) is 0 Å². The standard InChI is InChI=1S/C20H30N2O2/c1-20(2,19(23)22-12-14-24-15-13-22)18-8-10-21(11-9-18)16-17-6-4-3-5-7-17/h3-7,18H,8-16H2,1-2H3. The summed E-state index contributed by atoms with van der Waals surface area (Å²) in [6.07, 6.45) is 2.21. The smallest absolute Gasteiger partial charge is 0.228 e. The van der Waals surface area contributed by atoms with Crippen molar-refractivity contribution in [3.63, 3.8) is 0 Å². The van der Waals surface area contributed by atoms with Crippen LogP contribution in [0.1, 0.15) is 32.3 Å². The van der Waals surface area contributed by atoms with Crippen molar-refractivity contribution in [1.82, 2.24) is 9.80 Å². The molecule has 132 valence electrons. The van der Waals surface area contributed by atoms with Crippen LogP contribution in [0.3, 0.4) is 0 Å². The highest BCUT2D eigenvalue weighted by Gasteiger charge is 2.40. The molecule has 2 aliphatic heterocycles. The molecule has 4 heteroatoms. The lowest BCUT2D eigenvalue weighted by molar-refractivity contribution is -0.148. The monoisotopic (exact) mass is 330 g/mol. The van der Waals surface area contributed by atoms with E-state index in [2.05, 4.69) is 49.1 Å². The van der Waals surface area contributed by atoms with E-state index in [9.17, 15) is 4.79 Å². The van der Waals surface area contributed by atoms with Gasteiger partial charge in [-0.1, -0.05) is 44.2 Å². The van der Waals surface area contributed by atoms with Gasteiger partial charge in [-0.25, -0.2) is 0 Å². The second-order valence-electron chi connectivity index (χ2n) is 7.66. The predicted octanol–water partition coefficient (Wildman–Crippen LogP) is 2.78. The molecule has 0 saturated carbocycles. The van der Waals surface area contributed by atoms with E-state index >= 15 is 0 Å². The summed E-state index contributed by atoms with van der Waals surface area (Å²) in [5.41, 5.74) is 1.11. The van der Waals surface area contributed by atoms with E-state index < -0.39 is 0 Å². The summed E-state index contributed by atoms with van der Waals surface area (Å²) < 4.78 is 5.38. The first-order valence-corrected chi connectivity index (χ1v) is 9.21. The molecule has 1 aromatic rings. The molecule has 0 bridgehead atoms. The molecule has 0 spiro atoms. The van der Waals surface area contributed by atoms with Crippen molar-refractivity contribution in [1.29, 1.82) is 0 Å². The zero-order valence-corrected chi connectivity index (χ0v) is 15.0. The minimum atomic E-state index is -0.268. The summed E-state index contributed by atoms with van der Waals surface area (Å²) in [6.45, 7) is 10.3. The molecule has 0 aromatic heterocycles. The van der Waals surface area contributed by atoms with Gasteiger partial charge in [0.15, 0.2) is 0 Å². The number of likely N-dealkylation sites (tertiary alicyclic amines) is 1. The summed E-state index contributed by atoms with van der Waals surface area (Å²) >= 11 is 0. The maximum atomic E-state index is 12.9. The summed E-state index contributed by atoms with van der Waals surface area (Å²) in [5, 5.41) is 0. The second kappa shape index (κ2) is 7.66. The third kappa shape index (κ3) is 3.98. The number of nitrogens with zero attached hydrogens (tertiary/aromatic N) is 2. The maximum absolute atomic E-state index is 12.9. The average molecular weight is 330 g/mol. The molecule has 0 radical (unpaired) electrons. The molecule has 2 aliphatic rings.